The lowest BCUT2D eigenvalue weighted by molar-refractivity contribution is 0.286. The van der Waals surface area contributed by atoms with Crippen LogP contribution in [0.1, 0.15) is 25.7 Å². The van der Waals surface area contributed by atoms with Gasteiger partial charge in [0, 0.05) is 12.1 Å². The summed E-state index contributed by atoms with van der Waals surface area (Å²) in [5.74, 6) is 2.36. The van der Waals surface area contributed by atoms with Crippen LogP contribution in [0.4, 0.5) is 0 Å². The van der Waals surface area contributed by atoms with Gasteiger partial charge in [-0.3, -0.25) is 0 Å². The van der Waals surface area contributed by atoms with Crippen molar-refractivity contribution >= 4 is 0 Å². The minimum atomic E-state index is 0.906. The standard InChI is InChI=1S/C9H13N/c1-2-4-9-5(3-1)6(9)7-8(9)10-7/h5-8,10H,1-4H2. The van der Waals surface area contributed by atoms with Crippen LogP contribution in [0.15, 0.2) is 0 Å². The molecular formula is C9H13N. The zero-order valence-corrected chi connectivity index (χ0v) is 6.14. The van der Waals surface area contributed by atoms with Gasteiger partial charge in [-0.1, -0.05) is 12.8 Å². The zero-order valence-electron chi connectivity index (χ0n) is 6.14. The van der Waals surface area contributed by atoms with Crippen LogP contribution in [0.5, 0.6) is 0 Å². The third-order valence-corrected chi connectivity index (χ3v) is 4.60. The minimum absolute atomic E-state index is 0.906. The fraction of sp³-hybridized carbons (Fsp3) is 1.00. The van der Waals surface area contributed by atoms with Gasteiger partial charge in [0.15, 0.2) is 0 Å². The smallest absolute Gasteiger partial charge is 0.0290 e. The highest BCUT2D eigenvalue weighted by Crippen LogP contribution is 2.81. The number of rotatable bonds is 0. The molecule has 5 atom stereocenters. The van der Waals surface area contributed by atoms with Gasteiger partial charge in [-0.25, -0.2) is 0 Å². The molecule has 1 N–H and O–H groups in total. The van der Waals surface area contributed by atoms with Crippen LogP contribution in [0, 0.1) is 17.3 Å². The molecular weight excluding hydrogens is 122 g/mol. The van der Waals surface area contributed by atoms with Crippen LogP contribution < -0.4 is 5.32 Å². The normalized spacial score (nSPS) is 74.4. The molecule has 1 heterocycles. The van der Waals surface area contributed by atoms with Crippen molar-refractivity contribution in [2.45, 2.75) is 37.8 Å². The Morgan fingerprint density at radius 2 is 2.30 bits per heavy atom. The second kappa shape index (κ2) is 1.08. The van der Waals surface area contributed by atoms with Crippen molar-refractivity contribution in [1.82, 2.24) is 5.32 Å². The van der Waals surface area contributed by atoms with E-state index in [1.54, 1.807) is 12.8 Å². The highest BCUT2D eigenvalue weighted by molar-refractivity contribution is 5.40. The van der Waals surface area contributed by atoms with Gasteiger partial charge in [0.2, 0.25) is 0 Å². The van der Waals surface area contributed by atoms with Gasteiger partial charge >= 0.3 is 0 Å². The van der Waals surface area contributed by atoms with Gasteiger partial charge in [0.1, 0.15) is 0 Å². The van der Waals surface area contributed by atoms with Crippen LogP contribution in [0.2, 0.25) is 0 Å². The van der Waals surface area contributed by atoms with Gasteiger partial charge < -0.3 is 5.32 Å². The molecule has 4 aliphatic rings. The predicted molar refractivity (Wildman–Crippen MR) is 38.6 cm³/mol. The summed E-state index contributed by atoms with van der Waals surface area (Å²) in [5.41, 5.74) is 0.906. The van der Waals surface area contributed by atoms with Crippen LogP contribution in [-0.2, 0) is 0 Å². The fourth-order valence-corrected chi connectivity index (χ4v) is 4.18. The monoisotopic (exact) mass is 135 g/mol. The number of hydrogen-bond donors (Lipinski definition) is 1. The average Bonchev–Trinajstić information content (AvgIpc) is 2.72. The molecule has 5 unspecified atom stereocenters. The maximum absolute atomic E-state index is 3.60. The van der Waals surface area contributed by atoms with Crippen LogP contribution in [0.3, 0.4) is 0 Å². The molecule has 0 bridgehead atoms. The van der Waals surface area contributed by atoms with Gasteiger partial charge in [0.05, 0.1) is 0 Å². The van der Waals surface area contributed by atoms with Crippen molar-refractivity contribution in [1.29, 1.82) is 0 Å². The van der Waals surface area contributed by atoms with E-state index in [-0.39, 0.29) is 0 Å². The molecule has 3 saturated carbocycles. The van der Waals surface area contributed by atoms with Crippen molar-refractivity contribution in [3.8, 4) is 0 Å². The zero-order chi connectivity index (χ0) is 6.34. The molecule has 0 aromatic carbocycles. The first-order valence-corrected chi connectivity index (χ1v) is 4.71. The molecule has 4 fully saturated rings. The van der Waals surface area contributed by atoms with E-state index in [9.17, 15) is 0 Å². The van der Waals surface area contributed by atoms with E-state index in [0.717, 1.165) is 17.5 Å². The van der Waals surface area contributed by atoms with Crippen molar-refractivity contribution < 1.29 is 0 Å². The molecule has 1 heteroatoms. The Balaban J connectivity index is 1.77. The molecule has 1 spiro atoms. The van der Waals surface area contributed by atoms with Crippen molar-refractivity contribution in [3.63, 3.8) is 0 Å². The molecule has 0 radical (unpaired) electrons. The molecule has 54 valence electrons. The SMILES string of the molecule is C1CCC23C(C1)C2C1NC13. The topological polar surface area (TPSA) is 21.9 Å². The lowest BCUT2D eigenvalue weighted by Crippen LogP contribution is -2.27. The molecule has 1 nitrogen and oxygen atoms in total. The Morgan fingerprint density at radius 1 is 1.30 bits per heavy atom. The minimum Gasteiger partial charge on any atom is -0.307 e. The lowest BCUT2D eigenvalue weighted by Gasteiger charge is -2.25. The molecule has 1 aliphatic heterocycles. The van der Waals surface area contributed by atoms with Gasteiger partial charge in [-0.15, -0.1) is 0 Å². The van der Waals surface area contributed by atoms with E-state index < -0.39 is 0 Å². The summed E-state index contributed by atoms with van der Waals surface area (Å²) in [7, 11) is 0. The molecule has 0 aromatic rings. The Morgan fingerprint density at radius 3 is 3.20 bits per heavy atom. The second-order valence-corrected chi connectivity index (χ2v) is 4.66. The number of piperidine rings is 1. The van der Waals surface area contributed by atoms with Crippen LogP contribution >= 0.6 is 0 Å². The summed E-state index contributed by atoms with van der Waals surface area (Å²) in [6.07, 6.45) is 6.19. The molecule has 0 amide bonds. The Labute approximate surface area is 61.2 Å². The van der Waals surface area contributed by atoms with E-state index in [2.05, 4.69) is 5.32 Å². The number of fused-ring (bicyclic) bond motifs is 3. The van der Waals surface area contributed by atoms with Crippen molar-refractivity contribution in [2.75, 3.05) is 0 Å². The van der Waals surface area contributed by atoms with E-state index >= 15 is 0 Å². The summed E-state index contributed by atoms with van der Waals surface area (Å²) in [4.78, 5) is 0. The largest absolute Gasteiger partial charge is 0.307 e. The Bertz CT molecular complexity index is 207. The highest BCUT2D eigenvalue weighted by Gasteiger charge is 2.86. The molecule has 1 saturated heterocycles. The number of nitrogens with one attached hydrogen (secondary N) is 1. The maximum Gasteiger partial charge on any atom is 0.0290 e. The van der Waals surface area contributed by atoms with Gasteiger partial charge in [-0.2, -0.15) is 0 Å². The van der Waals surface area contributed by atoms with Crippen molar-refractivity contribution in [2.24, 2.45) is 17.3 Å². The van der Waals surface area contributed by atoms with E-state index in [1.807, 2.05) is 0 Å². The van der Waals surface area contributed by atoms with E-state index in [1.165, 1.54) is 24.7 Å². The molecule has 10 heavy (non-hydrogen) atoms. The van der Waals surface area contributed by atoms with Crippen molar-refractivity contribution in [3.05, 3.63) is 0 Å². The van der Waals surface area contributed by atoms with Crippen LogP contribution in [0.25, 0.3) is 0 Å². The Kier molecular flexibility index (Phi) is 0.513. The first-order valence-electron chi connectivity index (χ1n) is 4.71. The lowest BCUT2D eigenvalue weighted by atomic mass is 9.78. The summed E-state index contributed by atoms with van der Waals surface area (Å²) in [5, 5.41) is 3.60. The molecule has 4 rings (SSSR count). The number of hydrogen-bond acceptors (Lipinski definition) is 1. The maximum atomic E-state index is 3.60. The highest BCUT2D eigenvalue weighted by atomic mass is 15.3. The first-order chi connectivity index (χ1) is 4.94. The molecule has 0 aromatic heterocycles. The quantitative estimate of drug-likeness (QED) is 0.494. The van der Waals surface area contributed by atoms with Crippen LogP contribution in [-0.4, -0.2) is 12.1 Å². The summed E-state index contributed by atoms with van der Waals surface area (Å²) >= 11 is 0. The Hall–Kier alpha value is -0.0400. The van der Waals surface area contributed by atoms with Gasteiger partial charge in [-0.05, 0) is 30.1 Å². The third kappa shape index (κ3) is 0.268. The second-order valence-electron chi connectivity index (χ2n) is 4.66. The first kappa shape index (κ1) is 4.76. The fourth-order valence-electron chi connectivity index (χ4n) is 4.18. The van der Waals surface area contributed by atoms with Gasteiger partial charge in [0.25, 0.3) is 0 Å². The van der Waals surface area contributed by atoms with E-state index in [0.29, 0.717) is 0 Å². The summed E-state index contributed by atoms with van der Waals surface area (Å²) in [6.45, 7) is 0. The van der Waals surface area contributed by atoms with E-state index in [4.69, 9.17) is 0 Å². The average molecular weight is 135 g/mol. The summed E-state index contributed by atoms with van der Waals surface area (Å²) in [6, 6.07) is 2.03. The summed E-state index contributed by atoms with van der Waals surface area (Å²) < 4.78 is 0. The third-order valence-electron chi connectivity index (χ3n) is 4.60. The predicted octanol–water partition coefficient (Wildman–Crippen LogP) is 1.15. The molecule has 3 aliphatic carbocycles.